The van der Waals surface area contributed by atoms with Gasteiger partial charge in [-0.3, -0.25) is 14.2 Å². The Morgan fingerprint density at radius 3 is 2.63 bits per heavy atom. The largest absolute Gasteiger partial charge is 0.352 e. The van der Waals surface area contributed by atoms with E-state index in [2.05, 4.69) is 10.3 Å². The Hall–Kier alpha value is -2.95. The van der Waals surface area contributed by atoms with Gasteiger partial charge in [0.1, 0.15) is 5.82 Å². The molecule has 2 aromatic carbocycles. The van der Waals surface area contributed by atoms with E-state index < -0.39 is 0 Å². The van der Waals surface area contributed by atoms with Crippen LogP contribution in [-0.2, 0) is 17.8 Å². The summed E-state index contributed by atoms with van der Waals surface area (Å²) in [4.78, 5) is 29.8. The Balaban J connectivity index is 1.46. The van der Waals surface area contributed by atoms with E-state index in [-0.39, 0.29) is 17.5 Å². The highest BCUT2D eigenvalue weighted by Crippen LogP contribution is 2.34. The fourth-order valence-corrected chi connectivity index (χ4v) is 3.30. The number of carbonyl (C=O) groups excluding carboxylic acids is 1. The van der Waals surface area contributed by atoms with Crippen molar-refractivity contribution in [3.63, 3.8) is 0 Å². The van der Waals surface area contributed by atoms with Crippen LogP contribution in [0.1, 0.15) is 42.3 Å². The normalized spacial score (nSPS) is 13.7. The van der Waals surface area contributed by atoms with Crippen LogP contribution in [0.5, 0.6) is 0 Å². The average molecular weight is 361 g/mol. The fourth-order valence-electron chi connectivity index (χ4n) is 3.30. The summed E-state index contributed by atoms with van der Waals surface area (Å²) in [5.74, 6) is 0.687. The molecule has 1 amide bonds. The molecule has 0 bridgehead atoms. The number of para-hydroxylation sites is 1. The highest BCUT2D eigenvalue weighted by atomic mass is 16.1. The number of rotatable bonds is 6. The zero-order valence-electron chi connectivity index (χ0n) is 15.4. The molecule has 0 saturated heterocycles. The summed E-state index contributed by atoms with van der Waals surface area (Å²) in [6.07, 6.45) is 2.80. The maximum atomic E-state index is 12.8. The van der Waals surface area contributed by atoms with Gasteiger partial charge in [-0.15, -0.1) is 0 Å². The molecule has 1 N–H and O–H groups in total. The summed E-state index contributed by atoms with van der Waals surface area (Å²) in [6.45, 7) is 2.55. The first-order valence-corrected chi connectivity index (χ1v) is 9.44. The zero-order valence-corrected chi connectivity index (χ0v) is 15.4. The molecular formula is C22H23N3O2. The molecule has 3 aromatic rings. The van der Waals surface area contributed by atoms with Crippen LogP contribution in [-0.4, -0.2) is 15.5 Å². The number of nitrogens with zero attached hydrogens (tertiary/aromatic N) is 2. The van der Waals surface area contributed by atoms with Crippen molar-refractivity contribution >= 4 is 16.8 Å². The van der Waals surface area contributed by atoms with E-state index in [0.717, 1.165) is 18.4 Å². The first-order chi connectivity index (χ1) is 13.1. The molecular weight excluding hydrogens is 338 g/mol. The van der Waals surface area contributed by atoms with Crippen LogP contribution >= 0.6 is 0 Å². The van der Waals surface area contributed by atoms with E-state index in [1.807, 2.05) is 55.5 Å². The van der Waals surface area contributed by atoms with Gasteiger partial charge in [-0.2, -0.15) is 0 Å². The number of aryl methyl sites for hydroxylation is 2. The molecule has 5 heteroatoms. The third-order valence-electron chi connectivity index (χ3n) is 4.98. The van der Waals surface area contributed by atoms with Gasteiger partial charge >= 0.3 is 0 Å². The van der Waals surface area contributed by atoms with Gasteiger partial charge in [0.15, 0.2) is 0 Å². The lowest BCUT2D eigenvalue weighted by molar-refractivity contribution is -0.121. The quantitative estimate of drug-likeness (QED) is 0.733. The lowest BCUT2D eigenvalue weighted by atomic mass is 10.1. The number of hydrogen-bond acceptors (Lipinski definition) is 3. The van der Waals surface area contributed by atoms with E-state index in [0.29, 0.717) is 36.1 Å². The topological polar surface area (TPSA) is 64.0 Å². The number of nitrogens with one attached hydrogen (secondary N) is 1. The summed E-state index contributed by atoms with van der Waals surface area (Å²) in [5, 5.41) is 3.60. The predicted molar refractivity (Wildman–Crippen MR) is 106 cm³/mol. The van der Waals surface area contributed by atoms with Crippen molar-refractivity contribution in [1.29, 1.82) is 0 Å². The Bertz CT molecular complexity index is 1030. The molecule has 1 fully saturated rings. The van der Waals surface area contributed by atoms with Crippen LogP contribution in [0.15, 0.2) is 53.3 Å². The third-order valence-corrected chi connectivity index (χ3v) is 4.98. The lowest BCUT2D eigenvalue weighted by Crippen LogP contribution is -2.27. The average Bonchev–Trinajstić information content (AvgIpc) is 3.51. The molecule has 27 heavy (non-hydrogen) atoms. The van der Waals surface area contributed by atoms with Gasteiger partial charge in [0.05, 0.1) is 10.9 Å². The minimum atomic E-state index is -0.0275. The Morgan fingerprint density at radius 2 is 1.89 bits per heavy atom. The molecule has 1 aliphatic carbocycles. The van der Waals surface area contributed by atoms with Gasteiger partial charge in [-0.25, -0.2) is 4.98 Å². The zero-order chi connectivity index (χ0) is 18.8. The van der Waals surface area contributed by atoms with Crippen LogP contribution in [0.2, 0.25) is 0 Å². The summed E-state index contributed by atoms with van der Waals surface area (Å²) < 4.78 is 1.80. The smallest absolute Gasteiger partial charge is 0.261 e. The van der Waals surface area contributed by atoms with E-state index in [4.69, 9.17) is 0 Å². The van der Waals surface area contributed by atoms with E-state index in [9.17, 15) is 9.59 Å². The van der Waals surface area contributed by atoms with Gasteiger partial charge in [-0.1, -0.05) is 42.0 Å². The van der Waals surface area contributed by atoms with Crippen molar-refractivity contribution in [3.05, 3.63) is 75.8 Å². The monoisotopic (exact) mass is 361 g/mol. The molecule has 0 spiro atoms. The Labute approximate surface area is 158 Å². The van der Waals surface area contributed by atoms with Gasteiger partial charge in [0.25, 0.3) is 5.56 Å². The summed E-state index contributed by atoms with van der Waals surface area (Å²) in [7, 11) is 0. The van der Waals surface area contributed by atoms with Crippen molar-refractivity contribution in [1.82, 2.24) is 14.9 Å². The number of hydrogen-bond donors (Lipinski definition) is 1. The molecule has 1 aromatic heterocycles. The number of carbonyl (C=O) groups is 1. The van der Waals surface area contributed by atoms with E-state index >= 15 is 0 Å². The maximum Gasteiger partial charge on any atom is 0.261 e. The predicted octanol–water partition coefficient (Wildman–Crippen LogP) is 3.29. The van der Waals surface area contributed by atoms with Crippen LogP contribution in [0, 0.1) is 6.92 Å². The van der Waals surface area contributed by atoms with Crippen molar-refractivity contribution in [3.8, 4) is 0 Å². The van der Waals surface area contributed by atoms with Gasteiger partial charge in [0, 0.05) is 25.4 Å². The molecule has 1 saturated carbocycles. The third kappa shape index (κ3) is 3.92. The second-order valence-corrected chi connectivity index (χ2v) is 7.21. The highest BCUT2D eigenvalue weighted by Gasteiger charge is 2.28. The minimum Gasteiger partial charge on any atom is -0.352 e. The summed E-state index contributed by atoms with van der Waals surface area (Å²) in [5.41, 5.74) is 2.99. The second-order valence-electron chi connectivity index (χ2n) is 7.21. The van der Waals surface area contributed by atoms with Crippen LogP contribution in [0.3, 0.4) is 0 Å². The summed E-state index contributed by atoms with van der Waals surface area (Å²) >= 11 is 0. The van der Waals surface area contributed by atoms with E-state index in [1.54, 1.807) is 4.57 Å². The molecule has 4 rings (SSSR count). The number of amides is 1. The van der Waals surface area contributed by atoms with Crippen molar-refractivity contribution < 1.29 is 4.79 Å². The number of benzene rings is 2. The molecule has 0 aliphatic heterocycles. The molecule has 138 valence electrons. The van der Waals surface area contributed by atoms with Gasteiger partial charge in [0.2, 0.25) is 5.91 Å². The van der Waals surface area contributed by atoms with Gasteiger partial charge in [-0.05, 0) is 37.5 Å². The standard InChI is InChI=1S/C22H23N3O2/c1-15-6-8-16(9-7-15)14-23-21(26)13-12-20-24-19-5-3-2-4-18(19)22(27)25(20)17-10-11-17/h2-9,17H,10-14H2,1H3,(H,23,26). The molecule has 1 heterocycles. The summed E-state index contributed by atoms with van der Waals surface area (Å²) in [6, 6.07) is 15.8. The van der Waals surface area contributed by atoms with Crippen molar-refractivity contribution in [2.45, 2.75) is 45.2 Å². The van der Waals surface area contributed by atoms with Crippen LogP contribution < -0.4 is 10.9 Å². The fraction of sp³-hybridized carbons (Fsp3) is 0.318. The molecule has 0 unspecified atom stereocenters. The lowest BCUT2D eigenvalue weighted by Gasteiger charge is -2.13. The Kier molecular flexibility index (Phi) is 4.75. The minimum absolute atomic E-state index is 0.0122. The molecule has 0 radical (unpaired) electrons. The number of fused-ring (bicyclic) bond motifs is 1. The number of aromatic nitrogens is 2. The SMILES string of the molecule is Cc1ccc(CNC(=O)CCc2nc3ccccc3c(=O)n2C2CC2)cc1. The Morgan fingerprint density at radius 1 is 1.15 bits per heavy atom. The maximum absolute atomic E-state index is 12.8. The van der Waals surface area contributed by atoms with Gasteiger partial charge < -0.3 is 5.32 Å². The van der Waals surface area contributed by atoms with E-state index in [1.165, 1.54) is 5.56 Å². The van der Waals surface area contributed by atoms with Crippen LogP contribution in [0.4, 0.5) is 0 Å². The second kappa shape index (κ2) is 7.35. The molecule has 0 atom stereocenters. The van der Waals surface area contributed by atoms with Crippen molar-refractivity contribution in [2.24, 2.45) is 0 Å². The molecule has 1 aliphatic rings. The van der Waals surface area contributed by atoms with Crippen LogP contribution in [0.25, 0.3) is 10.9 Å². The molecule has 5 nitrogen and oxygen atoms in total. The first kappa shape index (κ1) is 17.5. The first-order valence-electron chi connectivity index (χ1n) is 9.44. The van der Waals surface area contributed by atoms with Crippen molar-refractivity contribution in [2.75, 3.05) is 0 Å². The highest BCUT2D eigenvalue weighted by molar-refractivity contribution is 5.78.